The first kappa shape index (κ1) is 13.5. The summed E-state index contributed by atoms with van der Waals surface area (Å²) in [6.45, 7) is 0. The molecule has 0 aliphatic carbocycles. The van der Waals surface area contributed by atoms with E-state index in [-0.39, 0.29) is 9.45 Å². The van der Waals surface area contributed by atoms with Crippen LogP contribution in [0.3, 0.4) is 0 Å². The smallest absolute Gasteiger partial charge is 0.281 e. The van der Waals surface area contributed by atoms with Crippen LogP contribution in [-0.2, 0) is 10.0 Å². The van der Waals surface area contributed by atoms with Crippen molar-refractivity contribution < 1.29 is 21.9 Å². The van der Waals surface area contributed by atoms with Gasteiger partial charge in [0.15, 0.2) is 5.75 Å². The summed E-state index contributed by atoms with van der Waals surface area (Å²) in [5, 5.41) is 4.81. The van der Waals surface area contributed by atoms with Crippen LogP contribution in [0.25, 0.3) is 0 Å². The third kappa shape index (κ3) is 2.77. The van der Waals surface area contributed by atoms with Crippen molar-refractivity contribution in [2.45, 2.75) is 11.3 Å². The van der Waals surface area contributed by atoms with E-state index < -0.39 is 27.0 Å². The van der Waals surface area contributed by atoms with Gasteiger partial charge >= 0.3 is 0 Å². The van der Waals surface area contributed by atoms with Gasteiger partial charge in [-0.1, -0.05) is 0 Å². The minimum atomic E-state index is -4.25. The summed E-state index contributed by atoms with van der Waals surface area (Å²) in [4.78, 5) is 2.74. The second-order valence-electron chi connectivity index (χ2n) is 2.71. The van der Waals surface area contributed by atoms with Crippen molar-refractivity contribution in [2.75, 3.05) is 7.11 Å². The number of rotatable bonds is 3. The van der Waals surface area contributed by atoms with Gasteiger partial charge < -0.3 is 4.74 Å². The van der Waals surface area contributed by atoms with E-state index in [2.05, 4.69) is 4.98 Å². The normalized spacial score (nSPS) is 11.9. The van der Waals surface area contributed by atoms with Gasteiger partial charge in [0, 0.05) is 6.07 Å². The highest BCUT2D eigenvalue weighted by Gasteiger charge is 2.24. The van der Waals surface area contributed by atoms with E-state index in [1.807, 2.05) is 0 Å². The lowest BCUT2D eigenvalue weighted by atomic mass is 10.3. The number of aromatic nitrogens is 1. The number of nitrogens with two attached hydrogens (primary N) is 1. The highest BCUT2D eigenvalue weighted by atomic mass is 127. The molecular weight excluding hydrogens is 357 g/mol. The van der Waals surface area contributed by atoms with Gasteiger partial charge in [0.2, 0.25) is 10.0 Å². The molecule has 1 rings (SSSR count). The number of hydrogen-bond donors (Lipinski definition) is 1. The highest BCUT2D eigenvalue weighted by Crippen LogP contribution is 2.30. The molecule has 5 nitrogen and oxygen atoms in total. The summed E-state index contributed by atoms with van der Waals surface area (Å²) in [6, 6.07) is 0.936. The van der Waals surface area contributed by atoms with Crippen molar-refractivity contribution in [1.82, 2.24) is 4.98 Å². The van der Waals surface area contributed by atoms with Crippen LogP contribution in [0.15, 0.2) is 11.0 Å². The zero-order valence-corrected chi connectivity index (χ0v) is 10.9. The first-order valence-corrected chi connectivity index (χ1v) is 6.45. The molecule has 1 aromatic heterocycles. The number of methoxy groups -OCH3 is 1. The first-order valence-electron chi connectivity index (χ1n) is 3.82. The lowest BCUT2D eigenvalue weighted by Crippen LogP contribution is -2.16. The van der Waals surface area contributed by atoms with Crippen LogP contribution in [0.1, 0.15) is 12.1 Å². The predicted molar refractivity (Wildman–Crippen MR) is 59.8 cm³/mol. The van der Waals surface area contributed by atoms with E-state index in [9.17, 15) is 17.2 Å². The Hall–Kier alpha value is -0.550. The third-order valence-corrected chi connectivity index (χ3v) is 3.38. The fourth-order valence-corrected chi connectivity index (χ4v) is 2.33. The Labute approximate surface area is 104 Å². The highest BCUT2D eigenvalue weighted by molar-refractivity contribution is 14.1. The Balaban J connectivity index is 3.56. The van der Waals surface area contributed by atoms with Crippen molar-refractivity contribution in [1.29, 1.82) is 0 Å². The minimum Gasteiger partial charge on any atom is -0.494 e. The topological polar surface area (TPSA) is 82.3 Å². The van der Waals surface area contributed by atoms with Crippen molar-refractivity contribution in [3.05, 3.63) is 15.5 Å². The zero-order chi connectivity index (χ0) is 12.5. The van der Waals surface area contributed by atoms with Gasteiger partial charge in [-0.15, -0.1) is 0 Å². The molecule has 0 aliphatic heterocycles. The average Bonchev–Trinajstić information content (AvgIpc) is 2.15. The molecule has 0 unspecified atom stereocenters. The fourth-order valence-electron chi connectivity index (χ4n) is 0.996. The molecule has 0 aromatic carbocycles. The number of halogens is 3. The summed E-state index contributed by atoms with van der Waals surface area (Å²) in [5.41, 5.74) is -0.868. The summed E-state index contributed by atoms with van der Waals surface area (Å²) in [5.74, 6) is 0.0778. The van der Waals surface area contributed by atoms with E-state index in [0.29, 0.717) is 0 Å². The molecule has 0 amide bonds. The van der Waals surface area contributed by atoms with Crippen LogP contribution in [0.4, 0.5) is 8.78 Å². The van der Waals surface area contributed by atoms with Crippen molar-refractivity contribution in [3.8, 4) is 5.75 Å². The van der Waals surface area contributed by atoms with Crippen LogP contribution in [0.2, 0.25) is 0 Å². The molecule has 0 bridgehead atoms. The van der Waals surface area contributed by atoms with E-state index in [1.54, 1.807) is 22.6 Å². The lowest BCUT2D eigenvalue weighted by molar-refractivity contribution is 0.141. The Morgan fingerprint density at radius 2 is 2.12 bits per heavy atom. The molecule has 2 N–H and O–H groups in total. The molecule has 9 heteroatoms. The second-order valence-corrected chi connectivity index (χ2v) is 5.26. The number of pyridine rings is 1. The Morgan fingerprint density at radius 3 is 2.50 bits per heavy atom. The second kappa shape index (κ2) is 4.75. The molecule has 0 spiro atoms. The van der Waals surface area contributed by atoms with Crippen LogP contribution in [-0.4, -0.2) is 20.5 Å². The maximum absolute atomic E-state index is 12.5. The molecule has 0 radical (unpaired) electrons. The van der Waals surface area contributed by atoms with Gasteiger partial charge in [-0.2, -0.15) is 0 Å². The number of nitrogens with zero attached hydrogens (tertiary/aromatic N) is 1. The number of alkyl halides is 2. The Kier molecular flexibility index (Phi) is 4.02. The molecule has 1 aromatic rings. The minimum absolute atomic E-state index is 0.0778. The molecular formula is C7H7F2IN2O3S. The molecule has 16 heavy (non-hydrogen) atoms. The maximum atomic E-state index is 12.5. The van der Waals surface area contributed by atoms with E-state index >= 15 is 0 Å². The van der Waals surface area contributed by atoms with Crippen LogP contribution in [0, 0.1) is 3.70 Å². The van der Waals surface area contributed by atoms with Gasteiger partial charge in [-0.25, -0.2) is 27.3 Å². The summed E-state index contributed by atoms with van der Waals surface area (Å²) in [7, 11) is -2.98. The molecule has 0 saturated heterocycles. The number of ether oxygens (including phenoxy) is 1. The molecule has 0 fully saturated rings. The van der Waals surface area contributed by atoms with Gasteiger partial charge in [-0.05, 0) is 22.6 Å². The van der Waals surface area contributed by atoms with Gasteiger partial charge in [0.1, 0.15) is 14.3 Å². The van der Waals surface area contributed by atoms with Crippen LogP contribution >= 0.6 is 22.6 Å². The Bertz CT molecular complexity index is 507. The molecule has 0 atom stereocenters. The molecule has 0 saturated carbocycles. The SMILES string of the molecule is COc1cc(S(N)(=O)=O)c(C(F)F)nc1I. The molecule has 1 heterocycles. The lowest BCUT2D eigenvalue weighted by Gasteiger charge is -2.09. The number of hydrogen-bond acceptors (Lipinski definition) is 4. The van der Waals surface area contributed by atoms with Gasteiger partial charge in [0.25, 0.3) is 6.43 Å². The van der Waals surface area contributed by atoms with E-state index in [1.165, 1.54) is 7.11 Å². The van der Waals surface area contributed by atoms with Crippen molar-refractivity contribution in [2.24, 2.45) is 5.14 Å². The average molecular weight is 364 g/mol. The summed E-state index contributed by atoms with van der Waals surface area (Å²) >= 11 is 1.66. The largest absolute Gasteiger partial charge is 0.494 e. The van der Waals surface area contributed by atoms with Crippen LogP contribution in [0.5, 0.6) is 5.75 Å². The van der Waals surface area contributed by atoms with Gasteiger partial charge in [0.05, 0.1) is 7.11 Å². The van der Waals surface area contributed by atoms with Crippen molar-refractivity contribution >= 4 is 32.6 Å². The Morgan fingerprint density at radius 1 is 1.56 bits per heavy atom. The monoisotopic (exact) mass is 364 g/mol. The van der Waals surface area contributed by atoms with Crippen molar-refractivity contribution in [3.63, 3.8) is 0 Å². The molecule has 90 valence electrons. The summed E-state index contributed by atoms with van der Waals surface area (Å²) in [6.07, 6.45) is -3.02. The van der Waals surface area contributed by atoms with Gasteiger partial charge in [-0.3, -0.25) is 0 Å². The fraction of sp³-hybridized carbons (Fsp3) is 0.286. The number of primary sulfonamides is 1. The zero-order valence-electron chi connectivity index (χ0n) is 7.95. The molecule has 0 aliphatic rings. The third-order valence-electron chi connectivity index (χ3n) is 1.67. The maximum Gasteiger partial charge on any atom is 0.281 e. The number of sulfonamides is 1. The first-order chi connectivity index (χ1) is 7.27. The van der Waals surface area contributed by atoms with Crippen LogP contribution < -0.4 is 9.88 Å². The van der Waals surface area contributed by atoms with E-state index in [4.69, 9.17) is 9.88 Å². The quantitative estimate of drug-likeness (QED) is 0.647. The van der Waals surface area contributed by atoms with E-state index in [0.717, 1.165) is 6.07 Å². The summed E-state index contributed by atoms with van der Waals surface area (Å²) < 4.78 is 52.2. The predicted octanol–water partition coefficient (Wildman–Crippen LogP) is 1.28. The standard InChI is InChI=1S/C7H7F2IN2O3S/c1-15-3-2-4(16(11,13)14)5(6(8)9)12-7(3)10/h2,6H,1H3,(H2,11,13,14).